The number of ether oxygens (including phenoxy) is 1. The minimum absolute atomic E-state index is 0.0670. The molecule has 0 saturated carbocycles. The van der Waals surface area contributed by atoms with Crippen molar-refractivity contribution in [1.29, 1.82) is 0 Å². The molecule has 2 aliphatic heterocycles. The van der Waals surface area contributed by atoms with Gasteiger partial charge in [0.05, 0.1) is 12.5 Å². The van der Waals surface area contributed by atoms with E-state index in [1.165, 1.54) is 7.11 Å². The fourth-order valence-electron chi connectivity index (χ4n) is 4.08. The van der Waals surface area contributed by atoms with Crippen molar-refractivity contribution in [3.05, 3.63) is 29.3 Å². The molecule has 0 aromatic heterocycles. The van der Waals surface area contributed by atoms with Crippen LogP contribution < -0.4 is 4.90 Å². The van der Waals surface area contributed by atoms with Crippen LogP contribution in [0.3, 0.4) is 0 Å². The van der Waals surface area contributed by atoms with Gasteiger partial charge in [0, 0.05) is 38.9 Å². The molecule has 3 rings (SSSR count). The van der Waals surface area contributed by atoms with Gasteiger partial charge < -0.3 is 19.6 Å². The first kappa shape index (κ1) is 19.4. The molecule has 2 fully saturated rings. The summed E-state index contributed by atoms with van der Waals surface area (Å²) in [6, 6.07) is 5.80. The summed E-state index contributed by atoms with van der Waals surface area (Å²) in [4.78, 5) is 40.4. The Kier molecular flexibility index (Phi) is 5.24. The molecule has 1 N–H and O–H groups in total. The summed E-state index contributed by atoms with van der Waals surface area (Å²) in [6.07, 6.45) is 0.524. The van der Waals surface area contributed by atoms with Crippen LogP contribution in [0, 0.1) is 25.2 Å². The molecule has 2 unspecified atom stereocenters. The molecule has 1 aromatic rings. The number of carboxylic acid groups (broad SMARTS) is 1. The van der Waals surface area contributed by atoms with Crippen LogP contribution >= 0.6 is 0 Å². The number of aliphatic carboxylic acids is 1. The van der Waals surface area contributed by atoms with Crippen molar-refractivity contribution >= 4 is 23.5 Å². The Morgan fingerprint density at radius 3 is 2.74 bits per heavy atom. The summed E-state index contributed by atoms with van der Waals surface area (Å²) in [5.74, 6) is -1.60. The van der Waals surface area contributed by atoms with Crippen LogP contribution in [0.15, 0.2) is 18.2 Å². The Labute approximate surface area is 158 Å². The van der Waals surface area contributed by atoms with Gasteiger partial charge in [0.1, 0.15) is 5.41 Å². The quantitative estimate of drug-likeness (QED) is 0.846. The van der Waals surface area contributed by atoms with Crippen molar-refractivity contribution in [2.75, 3.05) is 38.3 Å². The fraction of sp³-hybridized carbons (Fsp3) is 0.550. The van der Waals surface area contributed by atoms with E-state index in [2.05, 4.69) is 0 Å². The van der Waals surface area contributed by atoms with E-state index in [-0.39, 0.29) is 31.4 Å². The first-order chi connectivity index (χ1) is 12.8. The van der Waals surface area contributed by atoms with Crippen molar-refractivity contribution < 1.29 is 24.2 Å². The lowest BCUT2D eigenvalue weighted by Gasteiger charge is -2.25. The predicted molar refractivity (Wildman–Crippen MR) is 99.5 cm³/mol. The first-order valence-electron chi connectivity index (χ1n) is 9.17. The van der Waals surface area contributed by atoms with Crippen LogP contribution in [0.2, 0.25) is 0 Å². The Morgan fingerprint density at radius 1 is 1.33 bits per heavy atom. The van der Waals surface area contributed by atoms with Crippen molar-refractivity contribution in [2.24, 2.45) is 11.3 Å². The van der Waals surface area contributed by atoms with E-state index in [1.54, 1.807) is 9.80 Å². The first-order valence-corrected chi connectivity index (χ1v) is 9.17. The number of aryl methyl sites for hydroxylation is 1. The SMILES string of the molecule is COCC1(C(=O)O)CCN(C(=O)C2CC(=O)N(c3cccc(C)c3C)C2)C1. The maximum Gasteiger partial charge on any atom is 0.313 e. The van der Waals surface area contributed by atoms with Crippen LogP contribution in [0.4, 0.5) is 5.69 Å². The van der Waals surface area contributed by atoms with Gasteiger partial charge in [0.25, 0.3) is 0 Å². The van der Waals surface area contributed by atoms with E-state index in [0.717, 1.165) is 16.8 Å². The van der Waals surface area contributed by atoms with Gasteiger partial charge in [0.15, 0.2) is 0 Å². The molecular weight excluding hydrogens is 348 g/mol. The molecular formula is C20H26N2O5. The van der Waals surface area contributed by atoms with E-state index >= 15 is 0 Å². The van der Waals surface area contributed by atoms with Gasteiger partial charge in [-0.15, -0.1) is 0 Å². The number of methoxy groups -OCH3 is 1. The van der Waals surface area contributed by atoms with Crippen LogP contribution in [-0.4, -0.2) is 61.1 Å². The zero-order valence-corrected chi connectivity index (χ0v) is 16.0. The number of carboxylic acids is 1. The second kappa shape index (κ2) is 7.31. The zero-order valence-electron chi connectivity index (χ0n) is 16.0. The van der Waals surface area contributed by atoms with Crippen LogP contribution in [0.1, 0.15) is 24.0 Å². The fourth-order valence-corrected chi connectivity index (χ4v) is 4.08. The molecule has 7 heteroatoms. The normalized spacial score (nSPS) is 25.3. The molecule has 2 aliphatic rings. The van der Waals surface area contributed by atoms with Gasteiger partial charge in [-0.3, -0.25) is 14.4 Å². The summed E-state index contributed by atoms with van der Waals surface area (Å²) in [5, 5.41) is 9.57. The Morgan fingerprint density at radius 2 is 2.07 bits per heavy atom. The number of rotatable bonds is 5. The number of carbonyl (C=O) groups excluding carboxylic acids is 2. The van der Waals surface area contributed by atoms with Crippen LogP contribution in [0.25, 0.3) is 0 Å². The topological polar surface area (TPSA) is 87.1 Å². The number of hydrogen-bond acceptors (Lipinski definition) is 4. The summed E-state index contributed by atoms with van der Waals surface area (Å²) in [6.45, 7) is 4.88. The molecule has 146 valence electrons. The standard InChI is InChI=1S/C20H26N2O5/c1-13-5-4-6-16(14(13)2)22-10-15(9-17(22)23)18(24)21-8-7-20(11-21,12-27-3)19(25)26/h4-6,15H,7-12H2,1-3H3,(H,25,26). The number of benzene rings is 1. The number of amides is 2. The summed E-state index contributed by atoms with van der Waals surface area (Å²) >= 11 is 0. The maximum atomic E-state index is 12.9. The number of likely N-dealkylation sites (tertiary alicyclic amines) is 1. The molecule has 1 aromatic carbocycles. The molecule has 0 aliphatic carbocycles. The highest BCUT2D eigenvalue weighted by Gasteiger charge is 2.48. The second-order valence-corrected chi connectivity index (χ2v) is 7.65. The number of carbonyl (C=O) groups is 3. The molecule has 0 spiro atoms. The molecule has 2 saturated heterocycles. The lowest BCUT2D eigenvalue weighted by atomic mass is 9.88. The van der Waals surface area contributed by atoms with E-state index in [4.69, 9.17) is 4.74 Å². The van der Waals surface area contributed by atoms with Gasteiger partial charge in [-0.1, -0.05) is 12.1 Å². The smallest absolute Gasteiger partial charge is 0.313 e. The van der Waals surface area contributed by atoms with E-state index in [9.17, 15) is 19.5 Å². The Bertz CT molecular complexity index is 778. The summed E-state index contributed by atoms with van der Waals surface area (Å²) in [5.41, 5.74) is 1.92. The highest BCUT2D eigenvalue weighted by molar-refractivity contribution is 6.01. The van der Waals surface area contributed by atoms with Gasteiger partial charge in [-0.25, -0.2) is 0 Å². The third kappa shape index (κ3) is 3.43. The lowest BCUT2D eigenvalue weighted by Crippen LogP contribution is -2.42. The van der Waals surface area contributed by atoms with E-state index in [1.807, 2.05) is 32.0 Å². The molecule has 7 nitrogen and oxygen atoms in total. The monoisotopic (exact) mass is 374 g/mol. The largest absolute Gasteiger partial charge is 0.481 e. The lowest BCUT2D eigenvalue weighted by molar-refractivity contribution is -0.152. The van der Waals surface area contributed by atoms with Gasteiger partial charge in [-0.05, 0) is 37.5 Å². The van der Waals surface area contributed by atoms with Crippen LogP contribution in [-0.2, 0) is 19.1 Å². The highest BCUT2D eigenvalue weighted by atomic mass is 16.5. The molecule has 2 atom stereocenters. The number of anilines is 1. The average molecular weight is 374 g/mol. The van der Waals surface area contributed by atoms with Gasteiger partial charge >= 0.3 is 5.97 Å². The molecule has 0 radical (unpaired) electrons. The predicted octanol–water partition coefficient (Wildman–Crippen LogP) is 1.61. The minimum Gasteiger partial charge on any atom is -0.481 e. The zero-order chi connectivity index (χ0) is 19.8. The van der Waals surface area contributed by atoms with Gasteiger partial charge in [0.2, 0.25) is 11.8 Å². The third-order valence-corrected chi connectivity index (χ3v) is 5.88. The molecule has 27 heavy (non-hydrogen) atoms. The van der Waals surface area contributed by atoms with Crippen molar-refractivity contribution in [3.8, 4) is 0 Å². The third-order valence-electron chi connectivity index (χ3n) is 5.88. The maximum absolute atomic E-state index is 12.9. The Hall–Kier alpha value is -2.41. The molecule has 0 bridgehead atoms. The number of hydrogen-bond donors (Lipinski definition) is 1. The van der Waals surface area contributed by atoms with E-state index in [0.29, 0.717) is 19.5 Å². The summed E-state index contributed by atoms with van der Waals surface area (Å²) in [7, 11) is 1.47. The summed E-state index contributed by atoms with van der Waals surface area (Å²) < 4.78 is 5.08. The molecule has 2 heterocycles. The second-order valence-electron chi connectivity index (χ2n) is 7.65. The Balaban J connectivity index is 1.73. The minimum atomic E-state index is -1.06. The average Bonchev–Trinajstić information content (AvgIpc) is 3.22. The van der Waals surface area contributed by atoms with E-state index < -0.39 is 17.3 Å². The van der Waals surface area contributed by atoms with Crippen molar-refractivity contribution in [3.63, 3.8) is 0 Å². The van der Waals surface area contributed by atoms with Crippen molar-refractivity contribution in [2.45, 2.75) is 26.7 Å². The van der Waals surface area contributed by atoms with Crippen molar-refractivity contribution in [1.82, 2.24) is 4.90 Å². The van der Waals surface area contributed by atoms with Crippen LogP contribution in [0.5, 0.6) is 0 Å². The molecule has 2 amide bonds. The number of nitrogens with zero attached hydrogens (tertiary/aromatic N) is 2. The van der Waals surface area contributed by atoms with Gasteiger partial charge in [-0.2, -0.15) is 0 Å². The highest BCUT2D eigenvalue weighted by Crippen LogP contribution is 2.35.